The number of esters is 1. The average molecular weight is 736 g/mol. The smallest absolute Gasteiger partial charge is 0.423 e. The lowest BCUT2D eigenvalue weighted by atomic mass is 9.50. The highest BCUT2D eigenvalue weighted by molar-refractivity contribution is 7.99. The Hall–Kier alpha value is -2.17. The average Bonchev–Trinajstić information content (AvgIpc) is 3.88. The van der Waals surface area contributed by atoms with E-state index in [2.05, 4.69) is 31.0 Å². The predicted octanol–water partition coefficient (Wildman–Crippen LogP) is 10.3. The van der Waals surface area contributed by atoms with Gasteiger partial charge in [-0.05, 0) is 160 Å². The molecule has 0 bridgehead atoms. The van der Waals surface area contributed by atoms with Crippen molar-refractivity contribution < 1.29 is 36.6 Å². The van der Waals surface area contributed by atoms with E-state index in [0.717, 1.165) is 89.5 Å². The van der Waals surface area contributed by atoms with E-state index in [1.165, 1.54) is 22.9 Å². The third-order valence-electron chi connectivity index (χ3n) is 13.2. The molecule has 1 N–H and O–H groups in total. The SMILES string of the molecule is CN(CCCCC[C@@H]1Cc2cc(OC(=O)c3ccccc3)ccc2C2CC[C@@]3(C)C(C[C@@H](O)C34CC4)C21)CCCSCCCC(F)(F)C(F)(F)F. The van der Waals surface area contributed by atoms with Crippen molar-refractivity contribution in [1.82, 2.24) is 4.90 Å². The zero-order valence-corrected chi connectivity index (χ0v) is 30.9. The van der Waals surface area contributed by atoms with Crippen molar-refractivity contribution in [2.24, 2.45) is 28.6 Å². The lowest BCUT2D eigenvalue weighted by Crippen LogP contribution is -2.46. The molecule has 6 atom stereocenters. The summed E-state index contributed by atoms with van der Waals surface area (Å²) in [6, 6.07) is 15.4. The number of halogens is 5. The molecule has 6 rings (SSSR count). The standard InChI is InChI=1S/C41H54F5NO3S/c1-38-18-16-33-32-15-14-31(50-37(49)28-11-5-3-6-12-28)26-30(32)25-29(36(33)34(38)27-35(48)39(38)19-20-39)13-7-4-8-21-47(2)22-10-24-51-23-9-17-40(42,43)41(44,45)46/h3,5-6,11-12,14-15,26,29,33-36,48H,4,7-10,13,16-25,27H2,1-2H3/t29-,33?,34?,35-,36?,38+/m1/s1. The minimum Gasteiger partial charge on any atom is -0.423 e. The van der Waals surface area contributed by atoms with Crippen molar-refractivity contribution >= 4 is 17.7 Å². The van der Waals surface area contributed by atoms with E-state index < -0.39 is 18.5 Å². The topological polar surface area (TPSA) is 49.8 Å². The number of aliphatic hydroxyl groups excluding tert-OH is 1. The summed E-state index contributed by atoms with van der Waals surface area (Å²) >= 11 is 1.44. The van der Waals surface area contributed by atoms with E-state index in [1.54, 1.807) is 12.1 Å². The minimum absolute atomic E-state index is 0.119. The number of hydrogen-bond donors (Lipinski definition) is 1. The molecule has 0 aromatic heterocycles. The summed E-state index contributed by atoms with van der Waals surface area (Å²) in [5.41, 5.74) is 3.56. The fraction of sp³-hybridized carbons (Fsp3) is 0.683. The maximum absolute atomic E-state index is 13.1. The highest BCUT2D eigenvalue weighted by Gasteiger charge is 2.71. The Bertz CT molecular complexity index is 1480. The Kier molecular flexibility index (Phi) is 11.8. The fourth-order valence-corrected chi connectivity index (χ4v) is 11.2. The molecule has 0 amide bonds. The molecule has 4 aliphatic rings. The van der Waals surface area contributed by atoms with Crippen molar-refractivity contribution in [2.45, 2.75) is 115 Å². The summed E-state index contributed by atoms with van der Waals surface area (Å²) in [4.78, 5) is 15.1. The Morgan fingerprint density at radius 2 is 1.69 bits per heavy atom. The van der Waals surface area contributed by atoms with Crippen LogP contribution in [0.4, 0.5) is 22.0 Å². The number of nitrogens with zero attached hydrogens (tertiary/aromatic N) is 1. The number of rotatable bonds is 16. The van der Waals surface area contributed by atoms with Gasteiger partial charge >= 0.3 is 18.1 Å². The number of carbonyl (C=O) groups excluding carboxylic acids is 1. The van der Waals surface area contributed by atoms with Gasteiger partial charge in [0.15, 0.2) is 0 Å². The first-order valence-corrected chi connectivity index (χ1v) is 20.2. The molecule has 10 heteroatoms. The maximum atomic E-state index is 13.1. The molecule has 1 spiro atoms. The summed E-state index contributed by atoms with van der Waals surface area (Å²) in [6.07, 6.45) is 4.88. The van der Waals surface area contributed by atoms with Gasteiger partial charge in [0, 0.05) is 11.8 Å². The summed E-state index contributed by atoms with van der Waals surface area (Å²) < 4.78 is 69.0. The van der Waals surface area contributed by atoms with Gasteiger partial charge in [-0.15, -0.1) is 0 Å². The first kappa shape index (κ1) is 38.6. The van der Waals surface area contributed by atoms with Crippen molar-refractivity contribution in [1.29, 1.82) is 0 Å². The molecule has 51 heavy (non-hydrogen) atoms. The van der Waals surface area contributed by atoms with Crippen LogP contribution in [-0.4, -0.2) is 65.8 Å². The minimum atomic E-state index is -5.47. The molecule has 3 saturated carbocycles. The van der Waals surface area contributed by atoms with Crippen molar-refractivity contribution in [3.63, 3.8) is 0 Å². The van der Waals surface area contributed by atoms with Crippen LogP contribution in [0.5, 0.6) is 5.75 Å². The predicted molar refractivity (Wildman–Crippen MR) is 193 cm³/mol. The van der Waals surface area contributed by atoms with E-state index >= 15 is 0 Å². The Morgan fingerprint density at radius 3 is 2.41 bits per heavy atom. The summed E-state index contributed by atoms with van der Waals surface area (Å²) in [7, 11) is 2.08. The van der Waals surface area contributed by atoms with Crippen LogP contribution in [0.25, 0.3) is 0 Å². The molecule has 0 saturated heterocycles. The van der Waals surface area contributed by atoms with Crippen molar-refractivity contribution in [2.75, 3.05) is 31.6 Å². The van der Waals surface area contributed by atoms with Crippen LogP contribution in [0.1, 0.15) is 111 Å². The zero-order valence-electron chi connectivity index (χ0n) is 30.0. The quantitative estimate of drug-likeness (QED) is 0.0805. The van der Waals surface area contributed by atoms with Crippen LogP contribution in [-0.2, 0) is 6.42 Å². The number of ether oxygens (including phenoxy) is 1. The largest absolute Gasteiger partial charge is 0.453 e. The second-order valence-electron chi connectivity index (χ2n) is 16.2. The number of fused-ring (bicyclic) bond motifs is 6. The van der Waals surface area contributed by atoms with E-state index in [0.29, 0.717) is 40.7 Å². The molecular weight excluding hydrogens is 682 g/mol. The van der Waals surface area contributed by atoms with Gasteiger partial charge in [0.1, 0.15) is 5.75 Å². The molecule has 3 fully saturated rings. The molecule has 282 valence electrons. The van der Waals surface area contributed by atoms with Crippen molar-refractivity contribution in [3.8, 4) is 5.75 Å². The number of unbranched alkanes of at least 4 members (excludes halogenated alkanes) is 2. The van der Waals surface area contributed by atoms with Crippen LogP contribution >= 0.6 is 11.8 Å². The Labute approximate surface area is 304 Å². The number of hydrogen-bond acceptors (Lipinski definition) is 5. The van der Waals surface area contributed by atoms with Gasteiger partial charge in [0.25, 0.3) is 0 Å². The van der Waals surface area contributed by atoms with Crippen LogP contribution in [0, 0.1) is 28.6 Å². The molecule has 0 aliphatic heterocycles. The number of carbonyl (C=O) groups is 1. The van der Waals surface area contributed by atoms with E-state index in [1.807, 2.05) is 24.3 Å². The third-order valence-corrected chi connectivity index (χ3v) is 14.3. The van der Waals surface area contributed by atoms with E-state index in [9.17, 15) is 31.9 Å². The molecule has 4 aliphatic carbocycles. The van der Waals surface area contributed by atoms with Gasteiger partial charge in [-0.25, -0.2) is 4.79 Å². The van der Waals surface area contributed by atoms with Crippen LogP contribution in [0.15, 0.2) is 48.5 Å². The molecule has 2 aromatic carbocycles. The number of thioether (sulfide) groups is 1. The van der Waals surface area contributed by atoms with Crippen molar-refractivity contribution in [3.05, 3.63) is 65.2 Å². The highest BCUT2D eigenvalue weighted by Crippen LogP contribution is 2.76. The first-order chi connectivity index (χ1) is 24.3. The van der Waals surface area contributed by atoms with Gasteiger partial charge in [-0.3, -0.25) is 0 Å². The van der Waals surface area contributed by atoms with E-state index in [4.69, 9.17) is 4.74 Å². The summed E-state index contributed by atoms with van der Waals surface area (Å²) in [5.74, 6) is -1.26. The second kappa shape index (κ2) is 15.7. The molecular formula is C41H54F5NO3S. The normalized spacial score (nSPS) is 28.0. The van der Waals surface area contributed by atoms with E-state index in [-0.39, 0.29) is 29.3 Å². The monoisotopic (exact) mass is 735 g/mol. The second-order valence-corrected chi connectivity index (χ2v) is 17.4. The summed E-state index contributed by atoms with van der Waals surface area (Å²) in [5, 5.41) is 11.4. The molecule has 0 heterocycles. The van der Waals surface area contributed by atoms with Crippen LogP contribution < -0.4 is 4.74 Å². The molecule has 4 nitrogen and oxygen atoms in total. The first-order valence-electron chi connectivity index (χ1n) is 19.0. The Balaban J connectivity index is 1.01. The number of aliphatic hydroxyl groups is 1. The van der Waals surface area contributed by atoms with Crippen LogP contribution in [0.3, 0.4) is 0 Å². The van der Waals surface area contributed by atoms with Gasteiger partial charge in [-0.2, -0.15) is 33.7 Å². The number of benzene rings is 2. The van der Waals surface area contributed by atoms with Gasteiger partial charge < -0.3 is 14.7 Å². The van der Waals surface area contributed by atoms with Gasteiger partial charge in [0.05, 0.1) is 11.7 Å². The lowest BCUT2D eigenvalue weighted by Gasteiger charge is -2.54. The van der Waals surface area contributed by atoms with Gasteiger partial charge in [0.2, 0.25) is 0 Å². The Morgan fingerprint density at radius 1 is 0.961 bits per heavy atom. The molecule has 0 radical (unpaired) electrons. The van der Waals surface area contributed by atoms with Gasteiger partial charge in [-0.1, -0.05) is 44.0 Å². The molecule has 3 unspecified atom stereocenters. The number of alkyl halides is 5. The zero-order chi connectivity index (χ0) is 36.4. The van der Waals surface area contributed by atoms with Crippen LogP contribution in [0.2, 0.25) is 0 Å². The fourth-order valence-electron chi connectivity index (χ4n) is 10.3. The molecule has 2 aromatic rings. The maximum Gasteiger partial charge on any atom is 0.453 e. The highest BCUT2D eigenvalue weighted by atomic mass is 32.2. The third kappa shape index (κ3) is 8.18. The lowest BCUT2D eigenvalue weighted by molar-refractivity contribution is -0.284. The summed E-state index contributed by atoms with van der Waals surface area (Å²) in [6.45, 7) is 4.32.